The van der Waals surface area contributed by atoms with Gasteiger partial charge in [-0.3, -0.25) is 0 Å². The van der Waals surface area contributed by atoms with Crippen molar-refractivity contribution in [2.45, 2.75) is 98.8 Å². The van der Waals surface area contributed by atoms with E-state index >= 15 is 0 Å². The lowest BCUT2D eigenvalue weighted by Crippen LogP contribution is -2.29. The summed E-state index contributed by atoms with van der Waals surface area (Å²) in [5.74, 6) is 0. The summed E-state index contributed by atoms with van der Waals surface area (Å²) in [5, 5.41) is 1.15. The monoisotopic (exact) mass is 362 g/mol. The van der Waals surface area contributed by atoms with Crippen molar-refractivity contribution >= 4 is 14.5 Å². The summed E-state index contributed by atoms with van der Waals surface area (Å²) < 4.78 is 0. The highest BCUT2D eigenvalue weighted by Gasteiger charge is 2.57. The molecular formula is C21H48P2+2. The molecule has 0 aromatic rings. The first-order chi connectivity index (χ1) is 11.1. The van der Waals surface area contributed by atoms with Crippen LogP contribution in [0.25, 0.3) is 0 Å². The second-order valence-corrected chi connectivity index (χ2v) is 16.9. The van der Waals surface area contributed by atoms with E-state index in [-0.39, 0.29) is 0 Å². The molecule has 140 valence electrons. The lowest BCUT2D eigenvalue weighted by Gasteiger charge is -2.42. The van der Waals surface area contributed by atoms with Crippen LogP contribution in [0.4, 0.5) is 0 Å². The first-order valence-corrected chi connectivity index (χ1v) is 15.6. The molecule has 0 rings (SSSR count). The average Bonchev–Trinajstić information content (AvgIpc) is 2.49. The van der Waals surface area contributed by atoms with Gasteiger partial charge in [-0.2, -0.15) is 0 Å². The molecule has 0 saturated carbocycles. The molecule has 0 radical (unpaired) electrons. The van der Waals surface area contributed by atoms with Gasteiger partial charge in [-0.1, -0.05) is 48.5 Å². The van der Waals surface area contributed by atoms with Gasteiger partial charge in [0.25, 0.3) is 0 Å². The first-order valence-electron chi connectivity index (χ1n) is 10.8. The van der Waals surface area contributed by atoms with Gasteiger partial charge in [-0.25, -0.2) is 0 Å². The molecule has 0 aromatic heterocycles. The molecule has 0 aliphatic heterocycles. The Bertz CT molecular complexity index is 215. The molecule has 23 heavy (non-hydrogen) atoms. The molecule has 0 fully saturated rings. The van der Waals surface area contributed by atoms with Crippen LogP contribution in [0.5, 0.6) is 0 Å². The largest absolute Gasteiger partial charge is 0.168 e. The lowest BCUT2D eigenvalue weighted by molar-refractivity contribution is 0.898. The molecule has 0 unspecified atom stereocenters. The molecule has 0 bridgehead atoms. The molecule has 0 atom stereocenters. The molecule has 0 amide bonds. The van der Waals surface area contributed by atoms with Gasteiger partial charge in [-0.05, 0) is 38.5 Å². The van der Waals surface area contributed by atoms with Crippen molar-refractivity contribution < 1.29 is 0 Å². The van der Waals surface area contributed by atoms with E-state index < -0.39 is 14.5 Å². The van der Waals surface area contributed by atoms with E-state index in [0.29, 0.717) is 0 Å². The summed E-state index contributed by atoms with van der Waals surface area (Å²) in [6.45, 7) is 17.3. The van der Waals surface area contributed by atoms with Crippen LogP contribution in [0.2, 0.25) is 0 Å². The Balaban J connectivity index is 5.91. The summed E-state index contributed by atoms with van der Waals surface area (Å²) in [6.07, 6.45) is 19.6. The standard InChI is InChI=1S/C21H48P2/c1-8-15-22(16-9-2,17-10-3)21(14-7)23(18-11-4,19-12-5)20-13-6/h21H,8-20H2,1-7H3/q+2. The summed E-state index contributed by atoms with van der Waals surface area (Å²) in [6, 6.07) is 0. The average molecular weight is 363 g/mol. The summed E-state index contributed by atoms with van der Waals surface area (Å²) >= 11 is 0. The molecule has 0 aliphatic carbocycles. The van der Waals surface area contributed by atoms with Crippen molar-refractivity contribution in [2.24, 2.45) is 0 Å². The maximum absolute atomic E-state index is 2.55. The van der Waals surface area contributed by atoms with Crippen LogP contribution in [0, 0.1) is 0 Å². The van der Waals surface area contributed by atoms with E-state index in [1.807, 2.05) is 0 Å². The number of hydrogen-bond acceptors (Lipinski definition) is 0. The van der Waals surface area contributed by atoms with Crippen LogP contribution >= 0.6 is 14.5 Å². The van der Waals surface area contributed by atoms with E-state index in [2.05, 4.69) is 48.5 Å². The fourth-order valence-electron chi connectivity index (χ4n) is 5.53. The topological polar surface area (TPSA) is 0 Å². The maximum Gasteiger partial charge on any atom is 0.168 e. The van der Waals surface area contributed by atoms with Crippen molar-refractivity contribution in [3.05, 3.63) is 0 Å². The third-order valence-corrected chi connectivity index (χ3v) is 19.9. The zero-order valence-electron chi connectivity index (χ0n) is 17.7. The van der Waals surface area contributed by atoms with Gasteiger partial charge in [0.2, 0.25) is 0 Å². The molecule has 0 aromatic carbocycles. The van der Waals surface area contributed by atoms with E-state index in [9.17, 15) is 0 Å². The van der Waals surface area contributed by atoms with Crippen LogP contribution in [0.3, 0.4) is 0 Å². The van der Waals surface area contributed by atoms with Crippen molar-refractivity contribution in [3.8, 4) is 0 Å². The second kappa shape index (κ2) is 13.1. The van der Waals surface area contributed by atoms with Gasteiger partial charge in [0.15, 0.2) is 5.40 Å². The van der Waals surface area contributed by atoms with Gasteiger partial charge in [-0.15, -0.1) is 0 Å². The molecule has 0 heterocycles. The van der Waals surface area contributed by atoms with Crippen molar-refractivity contribution in [3.63, 3.8) is 0 Å². The highest BCUT2D eigenvalue weighted by molar-refractivity contribution is 7.93. The summed E-state index contributed by atoms with van der Waals surface area (Å²) in [5.41, 5.74) is 0. The Morgan fingerprint density at radius 1 is 0.435 bits per heavy atom. The minimum atomic E-state index is -0.768. The third-order valence-electron chi connectivity index (χ3n) is 5.64. The predicted molar refractivity (Wildman–Crippen MR) is 119 cm³/mol. The van der Waals surface area contributed by atoms with E-state index in [0.717, 1.165) is 5.40 Å². The Morgan fingerprint density at radius 3 is 0.783 bits per heavy atom. The maximum atomic E-state index is 2.55. The van der Waals surface area contributed by atoms with E-state index in [1.54, 1.807) is 37.0 Å². The highest BCUT2D eigenvalue weighted by Crippen LogP contribution is 2.81. The van der Waals surface area contributed by atoms with Crippen molar-refractivity contribution in [2.75, 3.05) is 37.0 Å². The lowest BCUT2D eigenvalue weighted by atomic mass is 10.5. The quantitative estimate of drug-likeness (QED) is 0.257. The minimum absolute atomic E-state index is 0.768. The van der Waals surface area contributed by atoms with Crippen LogP contribution in [-0.2, 0) is 0 Å². The predicted octanol–water partition coefficient (Wildman–Crippen LogP) is 8.22. The first kappa shape index (κ1) is 23.9. The van der Waals surface area contributed by atoms with Gasteiger partial charge < -0.3 is 0 Å². The zero-order chi connectivity index (χ0) is 17.8. The second-order valence-electron chi connectivity index (χ2n) is 7.67. The molecule has 0 aliphatic rings. The molecule has 0 N–H and O–H groups in total. The Kier molecular flexibility index (Phi) is 13.6. The molecule has 0 nitrogen and oxygen atoms in total. The fourth-order valence-corrected chi connectivity index (χ4v) is 21.8. The van der Waals surface area contributed by atoms with Crippen LogP contribution in [0.1, 0.15) is 93.4 Å². The zero-order valence-corrected chi connectivity index (χ0v) is 19.5. The third kappa shape index (κ3) is 6.59. The molecule has 2 heteroatoms. The number of hydrogen-bond donors (Lipinski definition) is 0. The normalized spacial score (nSPS) is 13.0. The van der Waals surface area contributed by atoms with Crippen LogP contribution < -0.4 is 0 Å². The molecule has 0 saturated heterocycles. The van der Waals surface area contributed by atoms with Gasteiger partial charge in [0, 0.05) is 6.42 Å². The molecular weight excluding hydrogens is 314 g/mol. The van der Waals surface area contributed by atoms with Gasteiger partial charge >= 0.3 is 0 Å². The summed E-state index contributed by atoms with van der Waals surface area (Å²) in [7, 11) is -1.54. The van der Waals surface area contributed by atoms with Crippen molar-refractivity contribution in [1.29, 1.82) is 0 Å². The smallest absolute Gasteiger partial charge is 0.0619 e. The minimum Gasteiger partial charge on any atom is -0.0619 e. The van der Waals surface area contributed by atoms with Gasteiger partial charge in [0.1, 0.15) is 0 Å². The van der Waals surface area contributed by atoms with E-state index in [1.165, 1.54) is 44.9 Å². The summed E-state index contributed by atoms with van der Waals surface area (Å²) in [4.78, 5) is 0. The SMILES string of the molecule is CCC[P+](CCC)(CCC)C(CC)[P+](CCC)(CCC)CCC. The van der Waals surface area contributed by atoms with Crippen LogP contribution in [-0.4, -0.2) is 42.4 Å². The van der Waals surface area contributed by atoms with Crippen molar-refractivity contribution in [1.82, 2.24) is 0 Å². The fraction of sp³-hybridized carbons (Fsp3) is 1.00. The van der Waals surface area contributed by atoms with Gasteiger partial charge in [0.05, 0.1) is 51.5 Å². The Hall–Kier alpha value is 0.860. The van der Waals surface area contributed by atoms with Crippen LogP contribution in [0.15, 0.2) is 0 Å². The Labute approximate surface area is 150 Å². The molecule has 0 spiro atoms. The highest BCUT2D eigenvalue weighted by atomic mass is 31.2. The Morgan fingerprint density at radius 2 is 0.652 bits per heavy atom. The van der Waals surface area contributed by atoms with E-state index in [4.69, 9.17) is 0 Å². The number of rotatable bonds is 15.